The summed E-state index contributed by atoms with van der Waals surface area (Å²) in [7, 11) is 0. The van der Waals surface area contributed by atoms with E-state index in [0.717, 1.165) is 12.5 Å². The van der Waals surface area contributed by atoms with E-state index in [4.69, 9.17) is 5.73 Å². The first-order valence-corrected chi connectivity index (χ1v) is 5.34. The van der Waals surface area contributed by atoms with Gasteiger partial charge in [0.25, 0.3) is 0 Å². The van der Waals surface area contributed by atoms with E-state index >= 15 is 0 Å². The monoisotopic (exact) mass is 168 g/mol. The maximum atomic E-state index is 5.72. The van der Waals surface area contributed by atoms with Crippen LogP contribution in [0.15, 0.2) is 0 Å². The molecule has 1 aliphatic carbocycles. The average Bonchev–Trinajstić information content (AvgIpc) is 2.43. The van der Waals surface area contributed by atoms with Gasteiger partial charge in [-0.25, -0.2) is 0 Å². The van der Waals surface area contributed by atoms with Crippen LogP contribution in [0.1, 0.15) is 32.1 Å². The minimum Gasteiger partial charge on any atom is -0.329 e. The van der Waals surface area contributed by atoms with Gasteiger partial charge in [-0.15, -0.1) is 0 Å². The quantitative estimate of drug-likeness (QED) is 0.686. The molecule has 1 aliphatic heterocycles. The lowest BCUT2D eigenvalue weighted by Crippen LogP contribution is -2.39. The summed E-state index contributed by atoms with van der Waals surface area (Å²) >= 11 is 0. The number of likely N-dealkylation sites (tertiary alicyclic amines) is 1. The summed E-state index contributed by atoms with van der Waals surface area (Å²) in [4.78, 5) is 2.61. The van der Waals surface area contributed by atoms with Crippen molar-refractivity contribution in [2.24, 2.45) is 11.7 Å². The number of hydrogen-bond acceptors (Lipinski definition) is 2. The van der Waals surface area contributed by atoms with Gasteiger partial charge in [0.1, 0.15) is 0 Å². The van der Waals surface area contributed by atoms with Crippen molar-refractivity contribution in [3.8, 4) is 0 Å². The molecule has 12 heavy (non-hydrogen) atoms. The SMILES string of the molecule is NC[C@H]1CCCN1CC1CCC1. The third-order valence-corrected chi connectivity index (χ3v) is 3.49. The second kappa shape index (κ2) is 3.75. The van der Waals surface area contributed by atoms with Crippen LogP contribution in [0.2, 0.25) is 0 Å². The molecule has 2 heteroatoms. The van der Waals surface area contributed by atoms with Crippen LogP contribution in [0.4, 0.5) is 0 Å². The summed E-state index contributed by atoms with van der Waals surface area (Å²) in [6, 6.07) is 0.714. The molecule has 1 atom stereocenters. The lowest BCUT2D eigenvalue weighted by molar-refractivity contribution is 0.169. The van der Waals surface area contributed by atoms with E-state index < -0.39 is 0 Å². The summed E-state index contributed by atoms with van der Waals surface area (Å²) in [5.74, 6) is 1.01. The van der Waals surface area contributed by atoms with Gasteiger partial charge in [-0.1, -0.05) is 6.42 Å². The highest BCUT2D eigenvalue weighted by atomic mass is 15.2. The topological polar surface area (TPSA) is 29.3 Å². The number of rotatable bonds is 3. The highest BCUT2D eigenvalue weighted by Gasteiger charge is 2.27. The average molecular weight is 168 g/mol. The highest BCUT2D eigenvalue weighted by molar-refractivity contribution is 4.83. The number of hydrogen-bond donors (Lipinski definition) is 1. The molecule has 0 unspecified atom stereocenters. The molecule has 0 aromatic rings. The maximum absolute atomic E-state index is 5.72. The van der Waals surface area contributed by atoms with E-state index in [0.29, 0.717) is 6.04 Å². The Balaban J connectivity index is 1.77. The van der Waals surface area contributed by atoms with Crippen LogP contribution in [0.25, 0.3) is 0 Å². The molecule has 0 amide bonds. The molecular formula is C10H20N2. The predicted molar refractivity (Wildman–Crippen MR) is 51.0 cm³/mol. The standard InChI is InChI=1S/C10H20N2/c11-7-10-5-2-6-12(10)8-9-3-1-4-9/h9-10H,1-8,11H2/t10-/m1/s1. The van der Waals surface area contributed by atoms with Crippen LogP contribution in [-0.4, -0.2) is 30.6 Å². The Morgan fingerprint density at radius 1 is 1.17 bits per heavy atom. The minimum absolute atomic E-state index is 0.714. The molecule has 0 radical (unpaired) electrons. The molecule has 0 bridgehead atoms. The molecule has 0 aromatic heterocycles. The molecule has 2 rings (SSSR count). The Labute approximate surface area is 75.1 Å². The van der Waals surface area contributed by atoms with Crippen LogP contribution in [0, 0.1) is 5.92 Å². The summed E-state index contributed by atoms with van der Waals surface area (Å²) in [5, 5.41) is 0. The second-order valence-corrected chi connectivity index (χ2v) is 4.32. The second-order valence-electron chi connectivity index (χ2n) is 4.32. The Hall–Kier alpha value is -0.0800. The van der Waals surface area contributed by atoms with E-state index in [1.807, 2.05) is 0 Å². The first kappa shape index (κ1) is 8.52. The molecule has 1 saturated heterocycles. The van der Waals surface area contributed by atoms with Crippen molar-refractivity contribution in [3.05, 3.63) is 0 Å². The highest BCUT2D eigenvalue weighted by Crippen LogP contribution is 2.29. The van der Waals surface area contributed by atoms with E-state index in [1.54, 1.807) is 0 Å². The number of nitrogens with two attached hydrogens (primary N) is 1. The maximum Gasteiger partial charge on any atom is 0.0219 e. The van der Waals surface area contributed by atoms with Crippen LogP contribution >= 0.6 is 0 Å². The Kier molecular flexibility index (Phi) is 2.66. The number of nitrogens with zero attached hydrogens (tertiary/aromatic N) is 1. The smallest absolute Gasteiger partial charge is 0.0219 e. The van der Waals surface area contributed by atoms with Crippen molar-refractivity contribution >= 4 is 0 Å². The zero-order valence-electron chi connectivity index (χ0n) is 7.84. The Morgan fingerprint density at radius 2 is 2.00 bits per heavy atom. The van der Waals surface area contributed by atoms with Gasteiger partial charge in [0.05, 0.1) is 0 Å². The molecule has 2 fully saturated rings. The van der Waals surface area contributed by atoms with E-state index in [1.165, 1.54) is 45.2 Å². The van der Waals surface area contributed by atoms with Crippen molar-refractivity contribution < 1.29 is 0 Å². The molecule has 2 N–H and O–H groups in total. The normalized spacial score (nSPS) is 32.2. The van der Waals surface area contributed by atoms with Gasteiger partial charge < -0.3 is 5.73 Å². The van der Waals surface area contributed by atoms with Gasteiger partial charge in [-0.05, 0) is 38.1 Å². The molecule has 1 saturated carbocycles. The van der Waals surface area contributed by atoms with Gasteiger partial charge in [-0.2, -0.15) is 0 Å². The van der Waals surface area contributed by atoms with Gasteiger partial charge in [0.15, 0.2) is 0 Å². The predicted octanol–water partition coefficient (Wildman–Crippen LogP) is 1.21. The molecule has 0 spiro atoms. The summed E-state index contributed by atoms with van der Waals surface area (Å²) in [5.41, 5.74) is 5.72. The summed E-state index contributed by atoms with van der Waals surface area (Å²) < 4.78 is 0. The van der Waals surface area contributed by atoms with Crippen LogP contribution < -0.4 is 5.73 Å². The van der Waals surface area contributed by atoms with Crippen molar-refractivity contribution in [3.63, 3.8) is 0 Å². The van der Waals surface area contributed by atoms with Gasteiger partial charge >= 0.3 is 0 Å². The van der Waals surface area contributed by atoms with Gasteiger partial charge in [0, 0.05) is 19.1 Å². The molecule has 2 aliphatic rings. The first-order chi connectivity index (χ1) is 5.90. The molecule has 70 valence electrons. The Morgan fingerprint density at radius 3 is 2.58 bits per heavy atom. The van der Waals surface area contributed by atoms with Crippen molar-refractivity contribution in [2.75, 3.05) is 19.6 Å². The lowest BCUT2D eigenvalue weighted by atomic mass is 9.85. The molecule has 1 heterocycles. The van der Waals surface area contributed by atoms with Crippen LogP contribution in [-0.2, 0) is 0 Å². The summed E-state index contributed by atoms with van der Waals surface area (Å²) in [6.45, 7) is 3.51. The molecule has 2 nitrogen and oxygen atoms in total. The largest absolute Gasteiger partial charge is 0.329 e. The van der Waals surface area contributed by atoms with E-state index in [2.05, 4.69) is 4.90 Å². The fourth-order valence-electron chi connectivity index (χ4n) is 2.41. The first-order valence-electron chi connectivity index (χ1n) is 5.34. The summed E-state index contributed by atoms with van der Waals surface area (Å²) in [6.07, 6.45) is 7.10. The van der Waals surface area contributed by atoms with Gasteiger partial charge in [-0.3, -0.25) is 4.90 Å². The third kappa shape index (κ3) is 1.64. The fourth-order valence-corrected chi connectivity index (χ4v) is 2.41. The van der Waals surface area contributed by atoms with E-state index in [9.17, 15) is 0 Å². The van der Waals surface area contributed by atoms with Crippen LogP contribution in [0.3, 0.4) is 0 Å². The van der Waals surface area contributed by atoms with Crippen LogP contribution in [0.5, 0.6) is 0 Å². The zero-order valence-corrected chi connectivity index (χ0v) is 7.84. The lowest BCUT2D eigenvalue weighted by Gasteiger charge is -2.32. The van der Waals surface area contributed by atoms with Crippen molar-refractivity contribution in [2.45, 2.75) is 38.1 Å². The van der Waals surface area contributed by atoms with Gasteiger partial charge in [0.2, 0.25) is 0 Å². The molecular weight excluding hydrogens is 148 g/mol. The fraction of sp³-hybridized carbons (Fsp3) is 1.00. The van der Waals surface area contributed by atoms with Crippen molar-refractivity contribution in [1.29, 1.82) is 0 Å². The minimum atomic E-state index is 0.714. The third-order valence-electron chi connectivity index (χ3n) is 3.49. The Bertz CT molecular complexity index is 143. The van der Waals surface area contributed by atoms with E-state index in [-0.39, 0.29) is 0 Å². The zero-order chi connectivity index (χ0) is 8.39. The molecule has 0 aromatic carbocycles. The van der Waals surface area contributed by atoms with Crippen molar-refractivity contribution in [1.82, 2.24) is 4.90 Å².